The predicted molar refractivity (Wildman–Crippen MR) is 137 cm³/mol. The lowest BCUT2D eigenvalue weighted by Crippen LogP contribution is -2.32. The van der Waals surface area contributed by atoms with Crippen LogP contribution in [-0.4, -0.2) is 70.9 Å². The molecule has 1 saturated carbocycles. The number of hydrogen-bond acceptors (Lipinski definition) is 7. The molecule has 6 rings (SSSR count). The third-order valence-electron chi connectivity index (χ3n) is 8.35. The lowest BCUT2D eigenvalue weighted by molar-refractivity contribution is 0.0545. The number of aromatic nitrogens is 4. The van der Waals surface area contributed by atoms with Crippen molar-refractivity contribution < 1.29 is 9.47 Å². The molecule has 3 aliphatic rings. The number of aryl methyl sites for hydroxylation is 2. The molecule has 35 heavy (non-hydrogen) atoms. The normalized spacial score (nSPS) is 25.3. The maximum atomic E-state index is 5.74. The van der Waals surface area contributed by atoms with E-state index < -0.39 is 0 Å². The third-order valence-corrected chi connectivity index (χ3v) is 8.35. The standard InChI is InChI=1S/C27H36N6O2/c1-17-22(4-5-24-23(17)16-32(2)31-24)25-12-26(34-3)27(30-29-25)28-21-10-19-14-33(15-20(19)11-21)13-18-6-8-35-9-7-18/h4-5,12,16,18-21H,6-11,13-15H2,1-3H3,(H,28,30). The first-order valence-electron chi connectivity index (χ1n) is 13.0. The maximum absolute atomic E-state index is 5.74. The average molecular weight is 477 g/mol. The highest BCUT2D eigenvalue weighted by atomic mass is 16.5. The van der Waals surface area contributed by atoms with Crippen LogP contribution >= 0.6 is 0 Å². The predicted octanol–water partition coefficient (Wildman–Crippen LogP) is 3.90. The topological polar surface area (TPSA) is 77.3 Å². The number of nitrogens with one attached hydrogen (secondary N) is 1. The quantitative estimate of drug-likeness (QED) is 0.578. The lowest BCUT2D eigenvalue weighted by atomic mass is 10.00. The number of fused-ring (bicyclic) bond motifs is 2. The van der Waals surface area contributed by atoms with Crippen molar-refractivity contribution in [2.45, 2.75) is 38.6 Å². The Balaban J connectivity index is 1.12. The van der Waals surface area contributed by atoms with Gasteiger partial charge < -0.3 is 19.7 Å². The summed E-state index contributed by atoms with van der Waals surface area (Å²) in [6, 6.07) is 6.55. The highest BCUT2D eigenvalue weighted by molar-refractivity contribution is 5.88. The van der Waals surface area contributed by atoms with Crippen LogP contribution in [-0.2, 0) is 11.8 Å². The van der Waals surface area contributed by atoms with Crippen molar-refractivity contribution in [3.63, 3.8) is 0 Å². The van der Waals surface area contributed by atoms with Crippen LogP contribution in [0.2, 0.25) is 0 Å². The van der Waals surface area contributed by atoms with E-state index in [0.717, 1.165) is 70.3 Å². The Morgan fingerprint density at radius 3 is 2.63 bits per heavy atom. The summed E-state index contributed by atoms with van der Waals surface area (Å²) in [5.41, 5.74) is 4.03. The van der Waals surface area contributed by atoms with Crippen LogP contribution in [0.3, 0.4) is 0 Å². The van der Waals surface area contributed by atoms with Crippen LogP contribution in [0.1, 0.15) is 31.2 Å². The fraction of sp³-hybridized carbons (Fsp3) is 0.593. The van der Waals surface area contributed by atoms with Gasteiger partial charge in [0.05, 0.1) is 18.3 Å². The summed E-state index contributed by atoms with van der Waals surface area (Å²) < 4.78 is 13.1. The summed E-state index contributed by atoms with van der Waals surface area (Å²) in [6.07, 6.45) is 6.88. The van der Waals surface area contributed by atoms with Crippen molar-refractivity contribution in [1.82, 2.24) is 24.9 Å². The van der Waals surface area contributed by atoms with E-state index >= 15 is 0 Å². The second-order valence-corrected chi connectivity index (χ2v) is 10.7. The van der Waals surface area contributed by atoms with Gasteiger partial charge >= 0.3 is 0 Å². The number of hydrogen-bond donors (Lipinski definition) is 1. The maximum Gasteiger partial charge on any atom is 0.191 e. The monoisotopic (exact) mass is 476 g/mol. The molecule has 2 atom stereocenters. The molecule has 8 heteroatoms. The van der Waals surface area contributed by atoms with Gasteiger partial charge in [0.25, 0.3) is 0 Å². The largest absolute Gasteiger partial charge is 0.493 e. The number of nitrogens with zero attached hydrogens (tertiary/aromatic N) is 5. The Labute approximate surface area is 207 Å². The van der Waals surface area contributed by atoms with Crippen molar-refractivity contribution in [3.05, 3.63) is 30.0 Å². The van der Waals surface area contributed by atoms with Gasteiger partial charge in [-0.05, 0) is 62.0 Å². The van der Waals surface area contributed by atoms with E-state index in [2.05, 4.69) is 44.7 Å². The molecule has 1 aromatic carbocycles. The SMILES string of the molecule is COc1cc(-c2ccc3nn(C)cc3c2C)nnc1NC1CC2CN(CC3CCOCC3)CC2C1. The zero-order chi connectivity index (χ0) is 23.9. The van der Waals surface area contributed by atoms with Gasteiger partial charge in [0.1, 0.15) is 0 Å². The van der Waals surface area contributed by atoms with E-state index in [-0.39, 0.29) is 0 Å². The van der Waals surface area contributed by atoms with E-state index in [4.69, 9.17) is 9.47 Å². The van der Waals surface area contributed by atoms with Gasteiger partial charge in [-0.15, -0.1) is 10.2 Å². The van der Waals surface area contributed by atoms with Gasteiger partial charge in [-0.3, -0.25) is 4.68 Å². The summed E-state index contributed by atoms with van der Waals surface area (Å²) in [5, 5.41) is 18.5. The second-order valence-electron chi connectivity index (χ2n) is 10.7. The molecule has 4 heterocycles. The van der Waals surface area contributed by atoms with Crippen LogP contribution in [0.15, 0.2) is 24.4 Å². The van der Waals surface area contributed by atoms with Crippen molar-refractivity contribution >= 4 is 16.7 Å². The summed E-state index contributed by atoms with van der Waals surface area (Å²) in [4.78, 5) is 2.71. The first kappa shape index (κ1) is 22.7. The van der Waals surface area contributed by atoms with Gasteiger partial charge in [-0.1, -0.05) is 6.07 Å². The Morgan fingerprint density at radius 1 is 1.11 bits per heavy atom. The fourth-order valence-electron chi connectivity index (χ4n) is 6.54. The Kier molecular flexibility index (Phi) is 6.10. The van der Waals surface area contributed by atoms with Gasteiger partial charge in [0.15, 0.2) is 11.6 Å². The van der Waals surface area contributed by atoms with E-state index in [1.54, 1.807) is 7.11 Å². The number of ether oxygens (including phenoxy) is 2. The first-order chi connectivity index (χ1) is 17.1. The highest BCUT2D eigenvalue weighted by Crippen LogP contribution is 2.41. The van der Waals surface area contributed by atoms with Gasteiger partial charge in [-0.25, -0.2) is 0 Å². The van der Waals surface area contributed by atoms with Crippen LogP contribution < -0.4 is 10.1 Å². The Morgan fingerprint density at radius 2 is 1.89 bits per heavy atom. The van der Waals surface area contributed by atoms with E-state index in [9.17, 15) is 0 Å². The number of likely N-dealkylation sites (tertiary alicyclic amines) is 1. The summed E-state index contributed by atoms with van der Waals surface area (Å²) in [6.45, 7) is 7.71. The molecule has 3 aromatic rings. The molecule has 186 valence electrons. The van der Waals surface area contributed by atoms with Gasteiger partial charge in [0, 0.05) is 69.2 Å². The molecule has 1 N–H and O–H groups in total. The smallest absolute Gasteiger partial charge is 0.191 e. The molecule has 2 saturated heterocycles. The zero-order valence-electron chi connectivity index (χ0n) is 21.0. The van der Waals surface area contributed by atoms with Crippen LogP contribution in [0, 0.1) is 24.7 Å². The number of methoxy groups -OCH3 is 1. The van der Waals surface area contributed by atoms with Crippen molar-refractivity contribution in [3.8, 4) is 17.0 Å². The molecule has 0 amide bonds. The van der Waals surface area contributed by atoms with E-state index in [1.807, 2.05) is 23.9 Å². The Hall–Kier alpha value is -2.71. The molecular formula is C27H36N6O2. The molecule has 0 radical (unpaired) electrons. The molecule has 0 bridgehead atoms. The zero-order valence-corrected chi connectivity index (χ0v) is 21.0. The molecule has 3 fully saturated rings. The van der Waals surface area contributed by atoms with Crippen molar-refractivity contribution in [1.29, 1.82) is 0 Å². The average Bonchev–Trinajstić information content (AvgIpc) is 3.53. The van der Waals surface area contributed by atoms with Gasteiger partial charge in [0.2, 0.25) is 0 Å². The molecule has 2 aliphatic heterocycles. The molecule has 8 nitrogen and oxygen atoms in total. The molecule has 1 aliphatic carbocycles. The minimum atomic E-state index is 0.428. The second kappa shape index (κ2) is 9.39. The molecule has 2 aromatic heterocycles. The van der Waals surface area contributed by atoms with Crippen molar-refractivity contribution in [2.24, 2.45) is 24.8 Å². The summed E-state index contributed by atoms with van der Waals surface area (Å²) in [7, 11) is 3.66. The highest BCUT2D eigenvalue weighted by Gasteiger charge is 2.41. The third kappa shape index (κ3) is 4.49. The Bertz CT molecular complexity index is 1190. The van der Waals surface area contributed by atoms with E-state index in [1.165, 1.54) is 45.3 Å². The fourth-order valence-corrected chi connectivity index (χ4v) is 6.54. The van der Waals surface area contributed by atoms with Crippen molar-refractivity contribution in [2.75, 3.05) is 45.3 Å². The molecule has 2 unspecified atom stereocenters. The minimum absolute atomic E-state index is 0.428. The molecular weight excluding hydrogens is 440 g/mol. The number of rotatable bonds is 6. The van der Waals surface area contributed by atoms with Gasteiger partial charge in [-0.2, -0.15) is 5.10 Å². The van der Waals surface area contributed by atoms with Crippen LogP contribution in [0.4, 0.5) is 5.82 Å². The minimum Gasteiger partial charge on any atom is -0.493 e. The number of benzene rings is 1. The molecule has 0 spiro atoms. The number of anilines is 1. The summed E-state index contributed by atoms with van der Waals surface area (Å²) in [5.74, 6) is 3.87. The first-order valence-corrected chi connectivity index (χ1v) is 13.0. The lowest BCUT2D eigenvalue weighted by Gasteiger charge is -2.27. The summed E-state index contributed by atoms with van der Waals surface area (Å²) >= 11 is 0. The van der Waals surface area contributed by atoms with Crippen LogP contribution in [0.25, 0.3) is 22.2 Å². The van der Waals surface area contributed by atoms with E-state index in [0.29, 0.717) is 6.04 Å². The van der Waals surface area contributed by atoms with Crippen LogP contribution in [0.5, 0.6) is 5.75 Å².